The van der Waals surface area contributed by atoms with Crippen LogP contribution in [0.25, 0.3) is 0 Å². The second kappa shape index (κ2) is 8.15. The Kier molecular flexibility index (Phi) is 5.88. The molecule has 1 saturated heterocycles. The van der Waals surface area contributed by atoms with Crippen molar-refractivity contribution in [3.8, 4) is 0 Å². The number of carbonyl (C=O) groups excluding carboxylic acids is 1. The van der Waals surface area contributed by atoms with E-state index in [1.54, 1.807) is 0 Å². The summed E-state index contributed by atoms with van der Waals surface area (Å²) in [6, 6.07) is 6.37. The van der Waals surface area contributed by atoms with Crippen LogP contribution in [0.15, 0.2) is 24.3 Å². The zero-order chi connectivity index (χ0) is 21.5. The number of halogens is 3. The van der Waals surface area contributed by atoms with Crippen LogP contribution in [0.2, 0.25) is 0 Å². The zero-order valence-corrected chi connectivity index (χ0v) is 17.5. The number of nitrogens with zero attached hydrogens (tertiary/aromatic N) is 2. The number of carbonyl (C=O) groups is 1. The Hall–Kier alpha value is -1.60. The van der Waals surface area contributed by atoms with Crippen molar-refractivity contribution in [1.29, 1.82) is 0 Å². The molecule has 0 spiro atoms. The molecule has 166 valence electrons. The minimum absolute atomic E-state index is 0.0969. The van der Waals surface area contributed by atoms with Gasteiger partial charge in [0.1, 0.15) is 0 Å². The lowest BCUT2D eigenvalue weighted by molar-refractivity contribution is -0.258. The van der Waals surface area contributed by atoms with E-state index in [2.05, 4.69) is 4.90 Å². The zero-order valence-electron chi connectivity index (χ0n) is 17.5. The van der Waals surface area contributed by atoms with Crippen LogP contribution in [0.3, 0.4) is 0 Å². The monoisotopic (exact) mass is 424 g/mol. The van der Waals surface area contributed by atoms with Gasteiger partial charge >= 0.3 is 6.18 Å². The van der Waals surface area contributed by atoms with Crippen LogP contribution in [-0.4, -0.2) is 58.2 Å². The van der Waals surface area contributed by atoms with Gasteiger partial charge in [-0.3, -0.25) is 4.79 Å². The second-order valence-corrected chi connectivity index (χ2v) is 9.30. The molecule has 3 aliphatic rings. The first-order valence-electron chi connectivity index (χ1n) is 11.1. The molecular formula is C23H31F3N2O2. The molecule has 30 heavy (non-hydrogen) atoms. The molecule has 1 aromatic carbocycles. The molecule has 4 rings (SSSR count). The van der Waals surface area contributed by atoms with Crippen molar-refractivity contribution in [3.05, 3.63) is 35.4 Å². The highest BCUT2D eigenvalue weighted by molar-refractivity contribution is 5.95. The first kappa shape index (κ1) is 21.6. The minimum Gasteiger partial charge on any atom is -0.376 e. The van der Waals surface area contributed by atoms with Gasteiger partial charge in [-0.15, -0.1) is 0 Å². The Morgan fingerprint density at radius 3 is 1.93 bits per heavy atom. The number of benzene rings is 1. The minimum atomic E-state index is -4.77. The number of alkyl halides is 3. The van der Waals surface area contributed by atoms with E-state index < -0.39 is 11.8 Å². The number of aliphatic hydroxyl groups is 1. The summed E-state index contributed by atoms with van der Waals surface area (Å²) in [5.41, 5.74) is -2.79. The summed E-state index contributed by atoms with van der Waals surface area (Å²) in [6.07, 6.45) is 3.98. The Balaban J connectivity index is 1.44. The molecule has 1 atom stereocenters. The van der Waals surface area contributed by atoms with Gasteiger partial charge in [-0.2, -0.15) is 13.2 Å². The fourth-order valence-electron chi connectivity index (χ4n) is 5.04. The average molecular weight is 425 g/mol. The maximum Gasteiger partial charge on any atom is 0.421 e. The van der Waals surface area contributed by atoms with E-state index in [0.29, 0.717) is 11.6 Å². The second-order valence-electron chi connectivity index (χ2n) is 9.30. The Labute approximate surface area is 176 Å². The van der Waals surface area contributed by atoms with Crippen LogP contribution in [0, 0.1) is 0 Å². The van der Waals surface area contributed by atoms with E-state index in [9.17, 15) is 23.1 Å². The van der Waals surface area contributed by atoms with Crippen molar-refractivity contribution in [2.24, 2.45) is 0 Å². The number of hydrogen-bond donors (Lipinski definition) is 1. The fourth-order valence-corrected chi connectivity index (χ4v) is 5.04. The van der Waals surface area contributed by atoms with E-state index >= 15 is 0 Å². The molecule has 1 heterocycles. The normalized spacial score (nSPS) is 27.6. The van der Waals surface area contributed by atoms with Crippen molar-refractivity contribution in [3.63, 3.8) is 0 Å². The van der Waals surface area contributed by atoms with Crippen LogP contribution < -0.4 is 0 Å². The predicted molar refractivity (Wildman–Crippen MR) is 108 cm³/mol. The van der Waals surface area contributed by atoms with E-state index in [1.165, 1.54) is 50.2 Å². The first-order valence-corrected chi connectivity index (χ1v) is 11.1. The highest BCUT2D eigenvalue weighted by atomic mass is 19.4. The molecule has 2 aliphatic carbocycles. The molecule has 1 amide bonds. The Morgan fingerprint density at radius 2 is 1.47 bits per heavy atom. The molecule has 0 bridgehead atoms. The van der Waals surface area contributed by atoms with E-state index in [4.69, 9.17) is 0 Å². The molecule has 1 aliphatic heterocycles. The molecule has 1 aromatic rings. The van der Waals surface area contributed by atoms with Gasteiger partial charge in [0.2, 0.25) is 0 Å². The molecule has 0 aromatic heterocycles. The summed E-state index contributed by atoms with van der Waals surface area (Å²) >= 11 is 0. The summed E-state index contributed by atoms with van der Waals surface area (Å²) < 4.78 is 39.2. The largest absolute Gasteiger partial charge is 0.421 e. The molecule has 7 heteroatoms. The van der Waals surface area contributed by atoms with Gasteiger partial charge < -0.3 is 14.9 Å². The van der Waals surface area contributed by atoms with Crippen LogP contribution in [0.5, 0.6) is 0 Å². The van der Waals surface area contributed by atoms with Crippen molar-refractivity contribution < 1.29 is 23.1 Å². The standard InChI is InChI=1S/C23H31F3N2O2/c1-22(30,23(24,25)26)17-6-4-16(5-7-17)21(29)28(20-12-13-20)19-10-8-18(9-11-19)27-14-2-3-15-27/h4-7,18-20,30H,2-3,8-15H2,1H3/t18?,19?,22-/m0/s1. The number of hydrogen-bond acceptors (Lipinski definition) is 3. The van der Waals surface area contributed by atoms with Crippen LogP contribution in [0.1, 0.15) is 74.2 Å². The topological polar surface area (TPSA) is 43.8 Å². The molecular weight excluding hydrogens is 393 g/mol. The van der Waals surface area contributed by atoms with Gasteiger partial charge in [0, 0.05) is 23.7 Å². The highest BCUT2D eigenvalue weighted by Crippen LogP contribution is 2.39. The third-order valence-corrected chi connectivity index (χ3v) is 7.14. The van der Waals surface area contributed by atoms with Gasteiger partial charge in [-0.1, -0.05) is 12.1 Å². The molecule has 2 saturated carbocycles. The lowest BCUT2D eigenvalue weighted by Crippen LogP contribution is -2.47. The lowest BCUT2D eigenvalue weighted by Gasteiger charge is -2.40. The van der Waals surface area contributed by atoms with Gasteiger partial charge in [-0.25, -0.2) is 0 Å². The maximum absolute atomic E-state index is 13.3. The van der Waals surface area contributed by atoms with Crippen LogP contribution in [-0.2, 0) is 5.60 Å². The summed E-state index contributed by atoms with van der Waals surface area (Å²) in [4.78, 5) is 17.8. The van der Waals surface area contributed by atoms with E-state index in [0.717, 1.165) is 45.4 Å². The van der Waals surface area contributed by atoms with Crippen molar-refractivity contribution >= 4 is 5.91 Å². The Morgan fingerprint density at radius 1 is 0.967 bits per heavy atom. The highest BCUT2D eigenvalue weighted by Gasteiger charge is 2.51. The molecule has 0 radical (unpaired) electrons. The lowest BCUT2D eigenvalue weighted by atomic mass is 9.88. The van der Waals surface area contributed by atoms with Gasteiger partial charge in [0.05, 0.1) is 0 Å². The third kappa shape index (κ3) is 4.24. The van der Waals surface area contributed by atoms with Crippen molar-refractivity contribution in [2.45, 2.75) is 88.2 Å². The Bertz CT molecular complexity index is 745. The van der Waals surface area contributed by atoms with E-state index in [1.807, 2.05) is 4.90 Å². The predicted octanol–water partition coefficient (Wildman–Crippen LogP) is 4.47. The summed E-state index contributed by atoms with van der Waals surface area (Å²) in [5.74, 6) is -0.0969. The van der Waals surface area contributed by atoms with Crippen LogP contribution in [0.4, 0.5) is 13.2 Å². The summed E-state index contributed by atoms with van der Waals surface area (Å²) in [6.45, 7) is 3.11. The van der Waals surface area contributed by atoms with E-state index in [-0.39, 0.29) is 23.6 Å². The van der Waals surface area contributed by atoms with Crippen molar-refractivity contribution in [2.75, 3.05) is 13.1 Å². The molecule has 4 nitrogen and oxygen atoms in total. The quantitative estimate of drug-likeness (QED) is 0.759. The number of amides is 1. The number of rotatable bonds is 5. The fraction of sp³-hybridized carbons (Fsp3) is 0.696. The molecule has 0 unspecified atom stereocenters. The summed E-state index contributed by atoms with van der Waals surface area (Å²) in [5, 5.41) is 9.85. The average Bonchev–Trinajstić information content (AvgIpc) is 3.39. The van der Waals surface area contributed by atoms with Crippen molar-refractivity contribution in [1.82, 2.24) is 9.80 Å². The molecule has 3 fully saturated rings. The maximum atomic E-state index is 13.3. The SMILES string of the molecule is C[C@](O)(c1ccc(C(=O)N(C2CCC(N3CCCC3)CC2)C2CC2)cc1)C(F)(F)F. The van der Waals surface area contributed by atoms with Crippen LogP contribution >= 0.6 is 0 Å². The smallest absolute Gasteiger partial charge is 0.376 e. The molecule has 1 N–H and O–H groups in total. The number of likely N-dealkylation sites (tertiary alicyclic amines) is 1. The summed E-state index contributed by atoms with van der Waals surface area (Å²) in [7, 11) is 0. The van der Waals surface area contributed by atoms with Gasteiger partial charge in [0.25, 0.3) is 5.91 Å². The third-order valence-electron chi connectivity index (χ3n) is 7.14. The first-order chi connectivity index (χ1) is 14.2. The van der Waals surface area contributed by atoms with Gasteiger partial charge in [-0.05, 0) is 89.1 Å². The van der Waals surface area contributed by atoms with Gasteiger partial charge in [0.15, 0.2) is 5.60 Å².